The average Bonchev–Trinajstić information content (AvgIpc) is 2.15. The Kier molecular flexibility index (Phi) is 3.45. The molecular weight excluding hydrogens is 190 g/mol. The second-order valence-electron chi connectivity index (χ2n) is 4.44. The highest BCUT2D eigenvalue weighted by molar-refractivity contribution is 5.60. The van der Waals surface area contributed by atoms with Crippen LogP contribution in [0.2, 0.25) is 0 Å². The molecule has 1 aromatic carbocycles. The third-order valence-corrected chi connectivity index (χ3v) is 1.92. The number of nitrogens with one attached hydrogen (secondary N) is 1. The second kappa shape index (κ2) is 4.43. The molecule has 0 spiro atoms. The molecule has 0 saturated heterocycles. The molecule has 3 nitrogen and oxygen atoms in total. The van der Waals surface area contributed by atoms with Crippen LogP contribution >= 0.6 is 0 Å². The molecule has 1 N–H and O–H groups in total. The molecule has 0 saturated carbocycles. The van der Waals surface area contributed by atoms with Gasteiger partial charge in [-0.25, -0.2) is 0 Å². The van der Waals surface area contributed by atoms with Gasteiger partial charge >= 0.3 is 0 Å². The highest BCUT2D eigenvalue weighted by Crippen LogP contribution is 2.30. The van der Waals surface area contributed by atoms with E-state index in [2.05, 4.69) is 26.1 Å². The molecule has 3 heteroatoms. The molecule has 0 atom stereocenters. The molecule has 0 radical (unpaired) electrons. The number of hydrogen-bond donors (Lipinski definition) is 1. The van der Waals surface area contributed by atoms with Gasteiger partial charge in [0.15, 0.2) is 0 Å². The number of ether oxygens (including phenoxy) is 2. The minimum atomic E-state index is -0.000352. The molecule has 0 bridgehead atoms. The van der Waals surface area contributed by atoms with Gasteiger partial charge < -0.3 is 14.8 Å². The Morgan fingerprint density at radius 2 is 1.73 bits per heavy atom. The summed E-state index contributed by atoms with van der Waals surface area (Å²) in [6.07, 6.45) is 0. The van der Waals surface area contributed by atoms with E-state index in [4.69, 9.17) is 9.47 Å². The summed E-state index contributed by atoms with van der Waals surface area (Å²) in [6, 6.07) is 5.71. The molecule has 0 aliphatic carbocycles. The van der Waals surface area contributed by atoms with Gasteiger partial charge in [-0.1, -0.05) is 0 Å². The highest BCUT2D eigenvalue weighted by Gasteiger charge is 2.13. The summed E-state index contributed by atoms with van der Waals surface area (Å²) in [7, 11) is 3.32. The van der Waals surface area contributed by atoms with E-state index >= 15 is 0 Å². The molecule has 0 heterocycles. The van der Waals surface area contributed by atoms with Crippen LogP contribution in [-0.4, -0.2) is 19.8 Å². The van der Waals surface area contributed by atoms with Crippen molar-refractivity contribution in [1.29, 1.82) is 0 Å². The van der Waals surface area contributed by atoms with Gasteiger partial charge in [-0.2, -0.15) is 0 Å². The summed E-state index contributed by atoms with van der Waals surface area (Å²) in [5.41, 5.74) is 0.948. The van der Waals surface area contributed by atoms with Crippen LogP contribution in [0.3, 0.4) is 0 Å². The minimum Gasteiger partial charge on any atom is -0.497 e. The van der Waals surface area contributed by atoms with Gasteiger partial charge in [-0.15, -0.1) is 0 Å². The smallest absolute Gasteiger partial charge is 0.142 e. The standard InChI is InChI=1S/C12H19NO2/c1-12(2,3)13-10-8-9(14-4)6-7-11(10)15-5/h6-8,13H,1-5H3. The zero-order valence-corrected chi connectivity index (χ0v) is 10.0. The van der Waals surface area contributed by atoms with E-state index in [0.717, 1.165) is 17.2 Å². The molecule has 1 aromatic rings. The Morgan fingerprint density at radius 1 is 1.07 bits per heavy atom. The predicted molar refractivity (Wildman–Crippen MR) is 62.9 cm³/mol. The lowest BCUT2D eigenvalue weighted by atomic mass is 10.1. The predicted octanol–water partition coefficient (Wildman–Crippen LogP) is 2.91. The normalized spacial score (nSPS) is 11.0. The number of benzene rings is 1. The Hall–Kier alpha value is -1.38. The maximum Gasteiger partial charge on any atom is 0.142 e. The van der Waals surface area contributed by atoms with Gasteiger partial charge in [-0.3, -0.25) is 0 Å². The number of rotatable bonds is 3. The fraction of sp³-hybridized carbons (Fsp3) is 0.500. The van der Waals surface area contributed by atoms with Crippen molar-refractivity contribution in [2.75, 3.05) is 19.5 Å². The highest BCUT2D eigenvalue weighted by atomic mass is 16.5. The summed E-state index contributed by atoms with van der Waals surface area (Å²) in [6.45, 7) is 6.31. The summed E-state index contributed by atoms with van der Waals surface area (Å²) in [5.74, 6) is 1.65. The van der Waals surface area contributed by atoms with E-state index in [9.17, 15) is 0 Å². The van der Waals surface area contributed by atoms with Crippen molar-refractivity contribution in [3.63, 3.8) is 0 Å². The van der Waals surface area contributed by atoms with Crippen LogP contribution in [0, 0.1) is 0 Å². The number of hydrogen-bond acceptors (Lipinski definition) is 3. The van der Waals surface area contributed by atoms with E-state index in [1.54, 1.807) is 14.2 Å². The summed E-state index contributed by atoms with van der Waals surface area (Å²) in [4.78, 5) is 0. The third kappa shape index (κ3) is 3.35. The van der Waals surface area contributed by atoms with Gasteiger partial charge in [-0.05, 0) is 32.9 Å². The Balaban J connectivity index is 3.01. The van der Waals surface area contributed by atoms with Crippen molar-refractivity contribution in [3.05, 3.63) is 18.2 Å². The zero-order chi connectivity index (χ0) is 11.5. The zero-order valence-electron chi connectivity index (χ0n) is 10.0. The first-order valence-electron chi connectivity index (χ1n) is 4.96. The summed E-state index contributed by atoms with van der Waals surface area (Å²) in [5, 5.41) is 3.37. The lowest BCUT2D eigenvalue weighted by Crippen LogP contribution is -2.26. The third-order valence-electron chi connectivity index (χ3n) is 1.92. The lowest BCUT2D eigenvalue weighted by Gasteiger charge is -2.24. The van der Waals surface area contributed by atoms with Gasteiger partial charge in [0.1, 0.15) is 11.5 Å². The van der Waals surface area contributed by atoms with E-state index < -0.39 is 0 Å². The van der Waals surface area contributed by atoms with Crippen LogP contribution < -0.4 is 14.8 Å². The largest absolute Gasteiger partial charge is 0.497 e. The van der Waals surface area contributed by atoms with Crippen molar-refractivity contribution in [1.82, 2.24) is 0 Å². The molecule has 0 aromatic heterocycles. The Labute approximate surface area is 91.4 Å². The van der Waals surface area contributed by atoms with Crippen LogP contribution in [0.25, 0.3) is 0 Å². The van der Waals surface area contributed by atoms with E-state index in [-0.39, 0.29) is 5.54 Å². The van der Waals surface area contributed by atoms with E-state index in [0.29, 0.717) is 0 Å². The van der Waals surface area contributed by atoms with Crippen LogP contribution in [-0.2, 0) is 0 Å². The fourth-order valence-corrected chi connectivity index (χ4v) is 1.32. The van der Waals surface area contributed by atoms with Crippen LogP contribution in [0.1, 0.15) is 20.8 Å². The maximum absolute atomic E-state index is 5.27. The van der Waals surface area contributed by atoms with Crippen molar-refractivity contribution < 1.29 is 9.47 Å². The molecule has 0 unspecified atom stereocenters. The Bertz CT molecular complexity index is 329. The molecule has 15 heavy (non-hydrogen) atoms. The van der Waals surface area contributed by atoms with E-state index in [1.165, 1.54) is 0 Å². The summed E-state index contributed by atoms with van der Waals surface area (Å²) >= 11 is 0. The van der Waals surface area contributed by atoms with Crippen LogP contribution in [0.4, 0.5) is 5.69 Å². The molecule has 0 amide bonds. The maximum atomic E-state index is 5.27. The summed E-state index contributed by atoms with van der Waals surface area (Å²) < 4.78 is 10.4. The lowest BCUT2D eigenvalue weighted by molar-refractivity contribution is 0.403. The van der Waals surface area contributed by atoms with E-state index in [1.807, 2.05) is 18.2 Å². The first kappa shape index (κ1) is 11.7. The fourth-order valence-electron chi connectivity index (χ4n) is 1.32. The first-order valence-corrected chi connectivity index (χ1v) is 4.96. The molecule has 1 rings (SSSR count). The average molecular weight is 209 g/mol. The first-order chi connectivity index (χ1) is 6.96. The molecular formula is C12H19NO2. The molecule has 84 valence electrons. The monoisotopic (exact) mass is 209 g/mol. The van der Waals surface area contributed by atoms with Crippen LogP contribution in [0.15, 0.2) is 18.2 Å². The molecule has 0 fully saturated rings. The number of methoxy groups -OCH3 is 2. The van der Waals surface area contributed by atoms with Crippen molar-refractivity contribution in [2.24, 2.45) is 0 Å². The van der Waals surface area contributed by atoms with Crippen molar-refractivity contribution in [2.45, 2.75) is 26.3 Å². The molecule has 0 aliphatic rings. The Morgan fingerprint density at radius 3 is 2.20 bits per heavy atom. The number of anilines is 1. The quantitative estimate of drug-likeness (QED) is 0.830. The topological polar surface area (TPSA) is 30.5 Å². The van der Waals surface area contributed by atoms with Crippen molar-refractivity contribution >= 4 is 5.69 Å². The van der Waals surface area contributed by atoms with Crippen LogP contribution in [0.5, 0.6) is 11.5 Å². The van der Waals surface area contributed by atoms with Gasteiger partial charge in [0, 0.05) is 11.6 Å². The van der Waals surface area contributed by atoms with Gasteiger partial charge in [0.25, 0.3) is 0 Å². The van der Waals surface area contributed by atoms with Crippen molar-refractivity contribution in [3.8, 4) is 11.5 Å². The van der Waals surface area contributed by atoms with Gasteiger partial charge in [0.2, 0.25) is 0 Å². The molecule has 0 aliphatic heterocycles. The second-order valence-corrected chi connectivity index (χ2v) is 4.44. The van der Waals surface area contributed by atoms with Gasteiger partial charge in [0.05, 0.1) is 19.9 Å². The SMILES string of the molecule is COc1ccc(OC)c(NC(C)(C)C)c1. The minimum absolute atomic E-state index is 0.000352.